The molecule has 4 rings (SSSR count). The number of carbonyl (C=O) groups is 1. The first kappa shape index (κ1) is 25.1. The van der Waals surface area contributed by atoms with Crippen molar-refractivity contribution in [2.24, 2.45) is 17.8 Å². The molecular formula is C28H42O4S. The van der Waals surface area contributed by atoms with Gasteiger partial charge in [-0.3, -0.25) is 4.79 Å². The third-order valence-electron chi connectivity index (χ3n) is 8.32. The summed E-state index contributed by atoms with van der Waals surface area (Å²) in [5.74, 6) is 0.412. The quantitative estimate of drug-likeness (QED) is 0.454. The van der Waals surface area contributed by atoms with E-state index in [1.165, 1.54) is 17.5 Å². The molecule has 0 radical (unpaired) electrons. The van der Waals surface area contributed by atoms with E-state index in [1.807, 2.05) is 25.6 Å². The Morgan fingerprint density at radius 3 is 2.45 bits per heavy atom. The summed E-state index contributed by atoms with van der Waals surface area (Å²) in [5, 5.41) is 0.373. The van der Waals surface area contributed by atoms with Gasteiger partial charge in [-0.2, -0.15) is 11.8 Å². The van der Waals surface area contributed by atoms with Crippen molar-refractivity contribution in [2.75, 3.05) is 6.26 Å². The van der Waals surface area contributed by atoms with Crippen molar-refractivity contribution in [3.63, 3.8) is 0 Å². The normalized spacial score (nSPS) is 35.9. The lowest BCUT2D eigenvalue weighted by Crippen LogP contribution is -2.43. The van der Waals surface area contributed by atoms with Crippen molar-refractivity contribution >= 4 is 17.7 Å². The van der Waals surface area contributed by atoms with Crippen LogP contribution in [0.2, 0.25) is 0 Å². The van der Waals surface area contributed by atoms with E-state index in [2.05, 4.69) is 58.2 Å². The molecule has 0 aromatic heterocycles. The van der Waals surface area contributed by atoms with Crippen LogP contribution >= 0.6 is 11.8 Å². The Kier molecular flexibility index (Phi) is 7.25. The van der Waals surface area contributed by atoms with E-state index >= 15 is 0 Å². The Morgan fingerprint density at radius 2 is 1.79 bits per heavy atom. The molecule has 7 atom stereocenters. The number of rotatable bonds is 6. The fraction of sp³-hybridized carbons (Fsp3) is 0.750. The van der Waals surface area contributed by atoms with Crippen LogP contribution < -0.4 is 0 Å². The highest BCUT2D eigenvalue weighted by Gasteiger charge is 2.54. The zero-order valence-corrected chi connectivity index (χ0v) is 22.2. The van der Waals surface area contributed by atoms with Gasteiger partial charge in [-0.05, 0) is 69.1 Å². The highest BCUT2D eigenvalue weighted by Crippen LogP contribution is 2.47. The van der Waals surface area contributed by atoms with Crippen LogP contribution in [0.15, 0.2) is 24.3 Å². The van der Waals surface area contributed by atoms with Gasteiger partial charge in [0.15, 0.2) is 5.79 Å². The molecule has 1 heterocycles. The van der Waals surface area contributed by atoms with E-state index in [-0.39, 0.29) is 35.6 Å². The Bertz CT molecular complexity index is 833. The van der Waals surface area contributed by atoms with E-state index in [1.54, 1.807) is 0 Å². The lowest BCUT2D eigenvalue weighted by atomic mass is 9.64. The first-order valence-electron chi connectivity index (χ1n) is 12.6. The molecule has 1 aromatic rings. The summed E-state index contributed by atoms with van der Waals surface area (Å²) in [7, 11) is 0. The summed E-state index contributed by atoms with van der Waals surface area (Å²) in [5.41, 5.74) is 2.55. The number of fused-ring (bicyclic) bond motifs is 1. The summed E-state index contributed by atoms with van der Waals surface area (Å²) >= 11 is 1.82. The molecule has 1 saturated heterocycles. The minimum Gasteiger partial charge on any atom is -0.462 e. The molecule has 0 N–H and O–H groups in total. The minimum absolute atomic E-state index is 0.0184. The minimum atomic E-state index is -0.576. The first-order chi connectivity index (χ1) is 15.5. The lowest BCUT2D eigenvalue weighted by Gasteiger charge is -2.44. The molecule has 1 aromatic carbocycles. The maximum Gasteiger partial charge on any atom is 0.306 e. The molecule has 0 unspecified atom stereocenters. The largest absolute Gasteiger partial charge is 0.462 e. The molecule has 5 heteroatoms. The highest BCUT2D eigenvalue weighted by molar-refractivity contribution is 7.99. The van der Waals surface area contributed by atoms with Gasteiger partial charge in [0.2, 0.25) is 0 Å². The highest BCUT2D eigenvalue weighted by atomic mass is 32.2. The number of esters is 1. The Morgan fingerprint density at radius 1 is 1.12 bits per heavy atom. The topological polar surface area (TPSA) is 44.8 Å². The van der Waals surface area contributed by atoms with Gasteiger partial charge in [-0.1, -0.05) is 57.0 Å². The van der Waals surface area contributed by atoms with Crippen LogP contribution in [-0.4, -0.2) is 41.6 Å². The number of aryl methyl sites for hydroxylation is 1. The summed E-state index contributed by atoms with van der Waals surface area (Å²) in [6.07, 6.45) is 6.72. The van der Waals surface area contributed by atoms with Crippen LogP contribution in [0.3, 0.4) is 0 Å². The van der Waals surface area contributed by atoms with Gasteiger partial charge in [0.05, 0.1) is 18.6 Å². The summed E-state index contributed by atoms with van der Waals surface area (Å²) < 4.78 is 18.7. The van der Waals surface area contributed by atoms with Crippen molar-refractivity contribution in [1.82, 2.24) is 0 Å². The fourth-order valence-corrected chi connectivity index (χ4v) is 7.30. The standard InChI is InChI=1S/C28H42O4S/c1-17-8-11-20(12-9-17)27(3,4)21-13-10-18(2)14-22(21)30-24(29)16-19-15-23(33-7)26-25(19)31-28(5,6)32-26/h8-9,11-12,18-19,21-23,25-26H,10,13-16H2,1-7H3/t18-,19-,21-,22-,23-,25-,26+/m1/s1. The van der Waals surface area contributed by atoms with Crippen molar-refractivity contribution in [3.8, 4) is 0 Å². The van der Waals surface area contributed by atoms with E-state index in [0.717, 1.165) is 19.3 Å². The van der Waals surface area contributed by atoms with Crippen LogP contribution in [0, 0.1) is 24.7 Å². The van der Waals surface area contributed by atoms with Crippen LogP contribution in [0.5, 0.6) is 0 Å². The monoisotopic (exact) mass is 474 g/mol. The number of ether oxygens (including phenoxy) is 3. The van der Waals surface area contributed by atoms with E-state index in [4.69, 9.17) is 14.2 Å². The second-order valence-corrected chi connectivity index (χ2v) is 12.8. The molecule has 0 amide bonds. The van der Waals surface area contributed by atoms with Gasteiger partial charge in [-0.15, -0.1) is 0 Å². The Balaban J connectivity index is 1.45. The average Bonchev–Trinajstić information content (AvgIpc) is 3.21. The van der Waals surface area contributed by atoms with Crippen LogP contribution in [0.25, 0.3) is 0 Å². The molecule has 3 aliphatic rings. The molecule has 0 spiro atoms. The van der Waals surface area contributed by atoms with E-state index in [9.17, 15) is 4.79 Å². The number of benzene rings is 1. The van der Waals surface area contributed by atoms with Crippen molar-refractivity contribution < 1.29 is 19.0 Å². The number of carbonyl (C=O) groups excluding carboxylic acids is 1. The van der Waals surface area contributed by atoms with Crippen LogP contribution in [0.4, 0.5) is 0 Å². The summed E-state index contributed by atoms with van der Waals surface area (Å²) in [6, 6.07) is 8.86. The second kappa shape index (κ2) is 9.54. The fourth-order valence-electron chi connectivity index (χ4n) is 6.38. The van der Waals surface area contributed by atoms with Crippen molar-refractivity contribution in [1.29, 1.82) is 0 Å². The number of hydrogen-bond acceptors (Lipinski definition) is 5. The summed E-state index contributed by atoms with van der Waals surface area (Å²) in [6.45, 7) is 13.0. The maximum atomic E-state index is 13.2. The summed E-state index contributed by atoms with van der Waals surface area (Å²) in [4.78, 5) is 13.2. The number of hydrogen-bond donors (Lipinski definition) is 0. The molecule has 4 nitrogen and oxygen atoms in total. The number of thioether (sulfide) groups is 1. The Hall–Kier alpha value is -1.04. The molecule has 1 aliphatic heterocycles. The smallest absolute Gasteiger partial charge is 0.306 e. The van der Waals surface area contributed by atoms with Crippen LogP contribution in [-0.2, 0) is 24.4 Å². The molecule has 33 heavy (non-hydrogen) atoms. The third-order valence-corrected chi connectivity index (χ3v) is 9.39. The lowest BCUT2D eigenvalue weighted by molar-refractivity contribution is -0.165. The van der Waals surface area contributed by atoms with Crippen molar-refractivity contribution in [2.45, 2.75) is 108 Å². The van der Waals surface area contributed by atoms with E-state index < -0.39 is 5.79 Å². The molecule has 3 fully saturated rings. The predicted octanol–water partition coefficient (Wildman–Crippen LogP) is 6.28. The van der Waals surface area contributed by atoms with Gasteiger partial charge in [0, 0.05) is 11.2 Å². The maximum absolute atomic E-state index is 13.2. The predicted molar refractivity (Wildman–Crippen MR) is 134 cm³/mol. The first-order valence-corrected chi connectivity index (χ1v) is 13.9. The molecule has 2 saturated carbocycles. The van der Waals surface area contributed by atoms with Gasteiger partial charge in [0.25, 0.3) is 0 Å². The van der Waals surface area contributed by atoms with Gasteiger partial charge < -0.3 is 14.2 Å². The SMILES string of the molecule is CS[C@@H]1C[C@H](CC(=O)O[C@@H]2C[C@H](C)CC[C@H]2C(C)(C)c2ccc(C)cc2)[C@H]2OC(C)(C)O[C@H]21. The second-order valence-electron chi connectivity index (χ2n) is 11.7. The van der Waals surface area contributed by atoms with Crippen molar-refractivity contribution in [3.05, 3.63) is 35.4 Å². The average molecular weight is 475 g/mol. The van der Waals surface area contributed by atoms with E-state index in [0.29, 0.717) is 23.5 Å². The van der Waals surface area contributed by atoms with Gasteiger partial charge in [0.1, 0.15) is 6.10 Å². The zero-order valence-electron chi connectivity index (χ0n) is 21.4. The molecular weight excluding hydrogens is 432 g/mol. The Labute approximate surface area is 204 Å². The van der Waals surface area contributed by atoms with Crippen LogP contribution in [0.1, 0.15) is 77.8 Å². The molecule has 2 aliphatic carbocycles. The molecule has 0 bridgehead atoms. The van der Waals surface area contributed by atoms with Gasteiger partial charge >= 0.3 is 5.97 Å². The molecule has 184 valence electrons. The third kappa shape index (κ3) is 5.31. The van der Waals surface area contributed by atoms with Gasteiger partial charge in [-0.25, -0.2) is 0 Å². The zero-order chi connectivity index (χ0) is 24.0.